The molecule has 0 aromatic heterocycles. The minimum absolute atomic E-state index is 0.0217. The number of aliphatic hydroxyl groups excluding tert-OH is 3. The number of hydrogen-bond donors (Lipinski definition) is 3. The fourth-order valence-corrected chi connectivity index (χ4v) is 1.92. The third-order valence-electron chi connectivity index (χ3n) is 3.09. The molecule has 0 amide bonds. The number of rotatable bonds is 7. The second-order valence-electron chi connectivity index (χ2n) is 4.77. The second kappa shape index (κ2) is 7.86. The van der Waals surface area contributed by atoms with Crippen molar-refractivity contribution in [3.8, 4) is 0 Å². The van der Waals surface area contributed by atoms with Gasteiger partial charge < -0.3 is 24.8 Å². The van der Waals surface area contributed by atoms with Crippen LogP contribution in [0, 0.1) is 0 Å². The summed E-state index contributed by atoms with van der Waals surface area (Å²) in [6.45, 7) is 5.54. The predicted molar refractivity (Wildman–Crippen MR) is 67.0 cm³/mol. The molecule has 106 valence electrons. The summed E-state index contributed by atoms with van der Waals surface area (Å²) in [7, 11) is 0. The summed E-state index contributed by atoms with van der Waals surface area (Å²) in [6, 6.07) is 0. The van der Waals surface area contributed by atoms with Crippen molar-refractivity contribution in [2.45, 2.75) is 63.3 Å². The van der Waals surface area contributed by atoms with E-state index >= 15 is 0 Å². The van der Waals surface area contributed by atoms with Crippen LogP contribution >= 0.6 is 0 Å². The standard InChI is InChI=1S/C13H24O5/c1-3-4-5-6-7-9(2)18-13-12(16)11(15)10(14)8-17-13/h3,9-16H,1,4-8H2,2H3/t9?,10-,11+,12+,13-/m0/s1. The smallest absolute Gasteiger partial charge is 0.186 e. The molecule has 0 aliphatic carbocycles. The molecule has 1 rings (SSSR count). The first-order valence-electron chi connectivity index (χ1n) is 6.48. The first kappa shape index (κ1) is 15.6. The van der Waals surface area contributed by atoms with E-state index in [2.05, 4.69) is 6.58 Å². The summed E-state index contributed by atoms with van der Waals surface area (Å²) in [5.74, 6) is 0. The van der Waals surface area contributed by atoms with Crippen molar-refractivity contribution < 1.29 is 24.8 Å². The zero-order valence-electron chi connectivity index (χ0n) is 10.9. The average Bonchev–Trinajstić information content (AvgIpc) is 2.35. The molecule has 5 nitrogen and oxygen atoms in total. The van der Waals surface area contributed by atoms with Crippen LogP contribution in [0.2, 0.25) is 0 Å². The Morgan fingerprint density at radius 1 is 1.33 bits per heavy atom. The third-order valence-corrected chi connectivity index (χ3v) is 3.09. The Balaban J connectivity index is 2.26. The van der Waals surface area contributed by atoms with Gasteiger partial charge in [-0.15, -0.1) is 6.58 Å². The summed E-state index contributed by atoms with van der Waals surface area (Å²) >= 11 is 0. The summed E-state index contributed by atoms with van der Waals surface area (Å²) in [5.41, 5.74) is 0. The molecule has 5 heteroatoms. The van der Waals surface area contributed by atoms with E-state index in [1.165, 1.54) is 0 Å². The Bertz CT molecular complexity index is 246. The van der Waals surface area contributed by atoms with Gasteiger partial charge in [0.2, 0.25) is 0 Å². The van der Waals surface area contributed by atoms with Crippen LogP contribution in [0.5, 0.6) is 0 Å². The highest BCUT2D eigenvalue weighted by atomic mass is 16.7. The molecule has 1 aliphatic heterocycles. The number of hydrogen-bond acceptors (Lipinski definition) is 5. The minimum atomic E-state index is -1.21. The minimum Gasteiger partial charge on any atom is -0.388 e. The molecule has 0 aromatic rings. The van der Waals surface area contributed by atoms with E-state index in [9.17, 15) is 15.3 Å². The fraction of sp³-hybridized carbons (Fsp3) is 0.846. The maximum Gasteiger partial charge on any atom is 0.186 e. The van der Waals surface area contributed by atoms with Crippen LogP contribution in [0.25, 0.3) is 0 Å². The molecule has 0 bridgehead atoms. The van der Waals surface area contributed by atoms with E-state index in [1.54, 1.807) is 0 Å². The van der Waals surface area contributed by atoms with Crippen molar-refractivity contribution in [3.05, 3.63) is 12.7 Å². The largest absolute Gasteiger partial charge is 0.388 e. The van der Waals surface area contributed by atoms with Gasteiger partial charge >= 0.3 is 0 Å². The number of unbranched alkanes of at least 4 members (excludes halogenated alkanes) is 2. The van der Waals surface area contributed by atoms with Crippen molar-refractivity contribution >= 4 is 0 Å². The Morgan fingerprint density at radius 3 is 2.72 bits per heavy atom. The molecule has 1 saturated heterocycles. The molecule has 18 heavy (non-hydrogen) atoms. The van der Waals surface area contributed by atoms with Crippen LogP contribution in [-0.2, 0) is 9.47 Å². The fourth-order valence-electron chi connectivity index (χ4n) is 1.92. The topological polar surface area (TPSA) is 79.2 Å². The van der Waals surface area contributed by atoms with Gasteiger partial charge in [-0.25, -0.2) is 0 Å². The van der Waals surface area contributed by atoms with Gasteiger partial charge in [0, 0.05) is 0 Å². The van der Waals surface area contributed by atoms with Gasteiger partial charge in [-0.3, -0.25) is 0 Å². The van der Waals surface area contributed by atoms with Crippen molar-refractivity contribution in [1.29, 1.82) is 0 Å². The SMILES string of the molecule is C=CCCCCC(C)O[C@@H]1OC[C@H](O)[C@@H](O)[C@H]1O. The Kier molecular flexibility index (Phi) is 6.81. The normalized spacial score (nSPS) is 34.2. The molecule has 1 aliphatic rings. The van der Waals surface area contributed by atoms with E-state index in [-0.39, 0.29) is 12.7 Å². The Labute approximate surface area is 108 Å². The van der Waals surface area contributed by atoms with E-state index in [4.69, 9.17) is 9.47 Å². The van der Waals surface area contributed by atoms with Crippen LogP contribution in [0.15, 0.2) is 12.7 Å². The van der Waals surface area contributed by atoms with Gasteiger partial charge in [0.1, 0.15) is 18.3 Å². The number of aliphatic hydroxyl groups is 3. The highest BCUT2D eigenvalue weighted by Crippen LogP contribution is 2.19. The van der Waals surface area contributed by atoms with Crippen molar-refractivity contribution in [3.63, 3.8) is 0 Å². The molecule has 3 N–H and O–H groups in total. The van der Waals surface area contributed by atoms with Crippen LogP contribution in [0.4, 0.5) is 0 Å². The van der Waals surface area contributed by atoms with E-state index in [0.29, 0.717) is 0 Å². The first-order chi connectivity index (χ1) is 8.56. The Hall–Kier alpha value is -0.460. The third kappa shape index (κ3) is 4.66. The summed E-state index contributed by atoms with van der Waals surface area (Å²) in [4.78, 5) is 0. The summed E-state index contributed by atoms with van der Waals surface area (Å²) in [6.07, 6.45) is 1.42. The Morgan fingerprint density at radius 2 is 2.06 bits per heavy atom. The van der Waals surface area contributed by atoms with Gasteiger partial charge in [-0.1, -0.05) is 12.5 Å². The van der Waals surface area contributed by atoms with E-state index < -0.39 is 24.6 Å². The molecule has 1 fully saturated rings. The quantitative estimate of drug-likeness (QED) is 0.461. The highest BCUT2D eigenvalue weighted by Gasteiger charge is 2.38. The maximum absolute atomic E-state index is 9.69. The predicted octanol–water partition coefficient (Wildman–Crippen LogP) is 0.577. The average molecular weight is 260 g/mol. The van der Waals surface area contributed by atoms with Gasteiger partial charge in [0.05, 0.1) is 12.7 Å². The van der Waals surface area contributed by atoms with E-state index in [0.717, 1.165) is 25.7 Å². The lowest BCUT2D eigenvalue weighted by Crippen LogP contribution is -2.54. The lowest BCUT2D eigenvalue weighted by molar-refractivity contribution is -0.281. The summed E-state index contributed by atoms with van der Waals surface area (Å²) < 4.78 is 10.7. The molecule has 5 atom stereocenters. The van der Waals surface area contributed by atoms with Crippen molar-refractivity contribution in [2.24, 2.45) is 0 Å². The lowest BCUT2D eigenvalue weighted by Gasteiger charge is -2.36. The van der Waals surface area contributed by atoms with Crippen molar-refractivity contribution in [2.75, 3.05) is 6.61 Å². The molecular weight excluding hydrogens is 236 g/mol. The van der Waals surface area contributed by atoms with Crippen LogP contribution < -0.4 is 0 Å². The van der Waals surface area contributed by atoms with Crippen LogP contribution in [0.3, 0.4) is 0 Å². The number of ether oxygens (including phenoxy) is 2. The molecule has 0 radical (unpaired) electrons. The molecule has 0 spiro atoms. The molecule has 0 saturated carbocycles. The maximum atomic E-state index is 9.69. The van der Waals surface area contributed by atoms with Crippen molar-refractivity contribution in [1.82, 2.24) is 0 Å². The zero-order chi connectivity index (χ0) is 13.5. The van der Waals surface area contributed by atoms with Crippen LogP contribution in [-0.4, -0.2) is 52.6 Å². The van der Waals surface area contributed by atoms with Gasteiger partial charge in [0.15, 0.2) is 6.29 Å². The first-order valence-corrected chi connectivity index (χ1v) is 6.48. The van der Waals surface area contributed by atoms with Crippen LogP contribution in [0.1, 0.15) is 32.6 Å². The molecule has 1 unspecified atom stereocenters. The highest BCUT2D eigenvalue weighted by molar-refractivity contribution is 4.82. The molecule has 0 aromatic carbocycles. The summed E-state index contributed by atoms with van der Waals surface area (Å²) in [5, 5.41) is 28.5. The molecular formula is C13H24O5. The lowest BCUT2D eigenvalue weighted by atomic mass is 10.1. The van der Waals surface area contributed by atoms with Gasteiger partial charge in [-0.2, -0.15) is 0 Å². The zero-order valence-corrected chi connectivity index (χ0v) is 10.9. The second-order valence-corrected chi connectivity index (χ2v) is 4.77. The number of allylic oxidation sites excluding steroid dienone is 1. The molecule has 1 heterocycles. The van der Waals surface area contributed by atoms with E-state index in [1.807, 2.05) is 13.0 Å². The van der Waals surface area contributed by atoms with Gasteiger partial charge in [0.25, 0.3) is 0 Å². The van der Waals surface area contributed by atoms with Gasteiger partial charge in [-0.05, 0) is 26.2 Å². The monoisotopic (exact) mass is 260 g/mol.